The third kappa shape index (κ3) is 3.52. The molecule has 0 spiro atoms. The summed E-state index contributed by atoms with van der Waals surface area (Å²) in [4.78, 5) is 0. The second-order valence-corrected chi connectivity index (χ2v) is 5.80. The van der Waals surface area contributed by atoms with E-state index in [2.05, 4.69) is 0 Å². The van der Waals surface area contributed by atoms with E-state index in [-0.39, 0.29) is 0 Å². The summed E-state index contributed by atoms with van der Waals surface area (Å²) < 4.78 is 5.39. The minimum atomic E-state index is -0.815. The maximum Gasteiger partial charge on any atom is 0.139 e. The highest BCUT2D eigenvalue weighted by molar-refractivity contribution is 6.34. The van der Waals surface area contributed by atoms with Crippen LogP contribution in [0.2, 0.25) is 10.0 Å². The largest absolute Gasteiger partial charge is 0.492 e. The Kier molecular flexibility index (Phi) is 5.15. The molecular weight excluding hydrogens is 307 g/mol. The van der Waals surface area contributed by atoms with Gasteiger partial charge in [-0.25, -0.2) is 0 Å². The lowest BCUT2D eigenvalue weighted by Crippen LogP contribution is -2.03. The summed E-state index contributed by atoms with van der Waals surface area (Å²) in [6.07, 6.45) is -0.815. The highest BCUT2D eigenvalue weighted by Gasteiger charge is 2.17. The van der Waals surface area contributed by atoms with Crippen LogP contribution in [-0.2, 0) is 0 Å². The lowest BCUT2D eigenvalue weighted by Gasteiger charge is -2.16. The van der Waals surface area contributed by atoms with Crippen molar-refractivity contribution in [2.75, 3.05) is 6.61 Å². The molecule has 21 heavy (non-hydrogen) atoms. The molecule has 2 aromatic rings. The van der Waals surface area contributed by atoms with Crippen molar-refractivity contribution in [2.45, 2.75) is 26.9 Å². The number of aliphatic hydroxyl groups excluding tert-OH is 1. The molecule has 0 radical (unpaired) electrons. The second-order valence-electron chi connectivity index (χ2n) is 4.98. The van der Waals surface area contributed by atoms with Crippen LogP contribution in [0.25, 0.3) is 0 Å². The standard InChI is InChI=1S/C17H18Cl2O2/c1-4-21-16-9-14(18)13(8-15(16)19)17(20)12-6-5-10(2)11(3)7-12/h5-9,17,20H,4H2,1-3H3. The van der Waals surface area contributed by atoms with Crippen molar-refractivity contribution in [3.63, 3.8) is 0 Å². The van der Waals surface area contributed by atoms with Crippen LogP contribution in [0.4, 0.5) is 0 Å². The molecule has 112 valence electrons. The first-order valence-corrected chi connectivity index (χ1v) is 7.56. The van der Waals surface area contributed by atoms with Crippen LogP contribution in [0.5, 0.6) is 5.75 Å². The number of aryl methyl sites for hydroxylation is 2. The van der Waals surface area contributed by atoms with Crippen LogP contribution < -0.4 is 4.74 Å². The smallest absolute Gasteiger partial charge is 0.139 e. The molecule has 4 heteroatoms. The van der Waals surface area contributed by atoms with Gasteiger partial charge in [-0.15, -0.1) is 0 Å². The summed E-state index contributed by atoms with van der Waals surface area (Å²) in [5, 5.41) is 11.4. The fraction of sp³-hybridized carbons (Fsp3) is 0.294. The van der Waals surface area contributed by atoms with Gasteiger partial charge in [-0.3, -0.25) is 0 Å². The molecule has 2 rings (SSSR count). The van der Waals surface area contributed by atoms with Crippen LogP contribution in [0.3, 0.4) is 0 Å². The summed E-state index contributed by atoms with van der Waals surface area (Å²) in [6.45, 7) is 6.43. The van der Waals surface area contributed by atoms with Gasteiger partial charge in [0.15, 0.2) is 0 Å². The van der Waals surface area contributed by atoms with Gasteiger partial charge in [0.05, 0.1) is 16.7 Å². The van der Waals surface area contributed by atoms with Crippen LogP contribution in [0.1, 0.15) is 35.3 Å². The monoisotopic (exact) mass is 324 g/mol. The number of rotatable bonds is 4. The lowest BCUT2D eigenvalue weighted by atomic mass is 9.98. The van der Waals surface area contributed by atoms with Crippen molar-refractivity contribution in [3.8, 4) is 5.75 Å². The van der Waals surface area contributed by atoms with Crippen molar-refractivity contribution in [1.29, 1.82) is 0 Å². The van der Waals surface area contributed by atoms with Gasteiger partial charge >= 0.3 is 0 Å². The molecule has 0 amide bonds. The minimum absolute atomic E-state index is 0.438. The first-order valence-electron chi connectivity index (χ1n) is 6.81. The van der Waals surface area contributed by atoms with Gasteiger partial charge in [-0.05, 0) is 43.5 Å². The first kappa shape index (κ1) is 16.2. The quantitative estimate of drug-likeness (QED) is 0.848. The van der Waals surface area contributed by atoms with Gasteiger partial charge in [0.25, 0.3) is 0 Å². The number of ether oxygens (including phenoxy) is 1. The Morgan fingerprint density at radius 2 is 1.76 bits per heavy atom. The van der Waals surface area contributed by atoms with Gasteiger partial charge in [-0.1, -0.05) is 41.4 Å². The first-order chi connectivity index (χ1) is 9.93. The molecule has 0 aliphatic carbocycles. The summed E-state index contributed by atoms with van der Waals surface area (Å²) in [6, 6.07) is 9.15. The number of benzene rings is 2. The Labute approximate surface area is 135 Å². The third-order valence-electron chi connectivity index (χ3n) is 3.49. The molecule has 0 saturated heterocycles. The average Bonchev–Trinajstić information content (AvgIpc) is 2.45. The van der Waals surface area contributed by atoms with Crippen LogP contribution >= 0.6 is 23.2 Å². The van der Waals surface area contributed by atoms with E-state index in [1.165, 1.54) is 5.56 Å². The van der Waals surface area contributed by atoms with Crippen LogP contribution in [-0.4, -0.2) is 11.7 Å². The molecule has 1 unspecified atom stereocenters. The predicted octanol–water partition coefficient (Wildman–Crippen LogP) is 5.09. The second kappa shape index (κ2) is 6.69. The maximum atomic E-state index is 10.5. The van der Waals surface area contributed by atoms with Gasteiger partial charge in [0.1, 0.15) is 11.9 Å². The van der Waals surface area contributed by atoms with Crippen molar-refractivity contribution in [1.82, 2.24) is 0 Å². The van der Waals surface area contributed by atoms with Crippen LogP contribution in [0.15, 0.2) is 30.3 Å². The molecule has 0 bridgehead atoms. The fourth-order valence-electron chi connectivity index (χ4n) is 2.13. The molecule has 0 fully saturated rings. The van der Waals surface area contributed by atoms with E-state index in [0.29, 0.717) is 28.0 Å². The minimum Gasteiger partial charge on any atom is -0.492 e. The van der Waals surface area contributed by atoms with Crippen LogP contribution in [0, 0.1) is 13.8 Å². The number of hydrogen-bond acceptors (Lipinski definition) is 2. The Morgan fingerprint density at radius 1 is 1.05 bits per heavy atom. The molecule has 0 aromatic heterocycles. The molecule has 0 saturated carbocycles. The zero-order valence-electron chi connectivity index (χ0n) is 12.3. The molecule has 0 heterocycles. The topological polar surface area (TPSA) is 29.5 Å². The molecule has 1 atom stereocenters. The molecule has 2 aromatic carbocycles. The molecule has 0 aliphatic heterocycles. The van der Waals surface area contributed by atoms with Gasteiger partial charge in [0.2, 0.25) is 0 Å². The molecule has 0 aliphatic rings. The lowest BCUT2D eigenvalue weighted by molar-refractivity contribution is 0.220. The molecule has 2 nitrogen and oxygen atoms in total. The van der Waals surface area contributed by atoms with Gasteiger partial charge < -0.3 is 9.84 Å². The summed E-state index contributed by atoms with van der Waals surface area (Å²) in [5.41, 5.74) is 3.68. The molecule has 1 N–H and O–H groups in total. The fourth-order valence-corrected chi connectivity index (χ4v) is 2.62. The zero-order chi connectivity index (χ0) is 15.6. The van der Waals surface area contributed by atoms with E-state index >= 15 is 0 Å². The normalized spacial score (nSPS) is 12.3. The zero-order valence-corrected chi connectivity index (χ0v) is 13.8. The van der Waals surface area contributed by atoms with E-state index in [9.17, 15) is 5.11 Å². The predicted molar refractivity (Wildman–Crippen MR) is 87.6 cm³/mol. The van der Waals surface area contributed by atoms with Crippen molar-refractivity contribution >= 4 is 23.2 Å². The van der Waals surface area contributed by atoms with Crippen molar-refractivity contribution in [3.05, 3.63) is 62.6 Å². The Morgan fingerprint density at radius 3 is 2.38 bits per heavy atom. The van der Waals surface area contributed by atoms with Crippen molar-refractivity contribution in [2.24, 2.45) is 0 Å². The van der Waals surface area contributed by atoms with E-state index in [4.69, 9.17) is 27.9 Å². The van der Waals surface area contributed by atoms with Gasteiger partial charge in [0, 0.05) is 11.6 Å². The third-order valence-corrected chi connectivity index (χ3v) is 4.12. The number of hydrogen-bond donors (Lipinski definition) is 1. The van der Waals surface area contributed by atoms with E-state index in [1.807, 2.05) is 39.0 Å². The Bertz CT molecular complexity index is 653. The number of halogens is 2. The highest BCUT2D eigenvalue weighted by atomic mass is 35.5. The van der Waals surface area contributed by atoms with Gasteiger partial charge in [-0.2, -0.15) is 0 Å². The number of aliphatic hydroxyl groups is 1. The summed E-state index contributed by atoms with van der Waals surface area (Å²) in [5.74, 6) is 0.528. The highest BCUT2D eigenvalue weighted by Crippen LogP contribution is 2.36. The SMILES string of the molecule is CCOc1cc(Cl)c(C(O)c2ccc(C)c(C)c2)cc1Cl. The summed E-state index contributed by atoms with van der Waals surface area (Å²) >= 11 is 12.4. The Balaban J connectivity index is 2.40. The van der Waals surface area contributed by atoms with E-state index in [1.54, 1.807) is 12.1 Å². The summed E-state index contributed by atoms with van der Waals surface area (Å²) in [7, 11) is 0. The van der Waals surface area contributed by atoms with E-state index in [0.717, 1.165) is 11.1 Å². The van der Waals surface area contributed by atoms with E-state index < -0.39 is 6.10 Å². The Hall–Kier alpha value is -1.22. The average molecular weight is 325 g/mol. The maximum absolute atomic E-state index is 10.5. The molecular formula is C17H18Cl2O2. The van der Waals surface area contributed by atoms with Crippen molar-refractivity contribution < 1.29 is 9.84 Å².